The van der Waals surface area contributed by atoms with Gasteiger partial charge in [-0.15, -0.1) is 0 Å². The van der Waals surface area contributed by atoms with Crippen LogP contribution >= 0.6 is 11.6 Å². The van der Waals surface area contributed by atoms with Crippen LogP contribution in [0.4, 0.5) is 14.9 Å². The average molecular weight is 446 g/mol. The van der Waals surface area contributed by atoms with Crippen molar-refractivity contribution in [3.05, 3.63) is 118 Å². The number of carbonyl (C=O) groups excluding carboxylic acids is 1. The van der Waals surface area contributed by atoms with Gasteiger partial charge in [0.2, 0.25) is 0 Å². The van der Waals surface area contributed by atoms with E-state index in [2.05, 4.69) is 9.88 Å². The van der Waals surface area contributed by atoms with Crippen molar-refractivity contribution < 1.29 is 9.18 Å². The van der Waals surface area contributed by atoms with Crippen molar-refractivity contribution in [3.63, 3.8) is 0 Å². The maximum Gasteiger partial charge on any atom is 0.322 e. The zero-order chi connectivity index (χ0) is 22.2. The first-order valence-corrected chi connectivity index (χ1v) is 10.7. The van der Waals surface area contributed by atoms with Crippen LogP contribution < -0.4 is 5.32 Å². The Bertz CT molecular complexity index is 1300. The van der Waals surface area contributed by atoms with Crippen molar-refractivity contribution in [2.45, 2.75) is 19.5 Å². The standard InChI is InChI=1S/C26H21ClFN3O/c1-17-8-13-21(15-22(17)27)29-26(32)31-16-19-5-2-3-6-23(19)30-14-4-7-24(30)25(31)18-9-11-20(28)12-10-18/h2-15,25H,16H2,1H3,(H,29,32)/t25-/m0/s1. The van der Waals surface area contributed by atoms with Gasteiger partial charge in [-0.05, 0) is 66.1 Å². The monoisotopic (exact) mass is 445 g/mol. The van der Waals surface area contributed by atoms with Crippen LogP contribution in [-0.4, -0.2) is 15.5 Å². The van der Waals surface area contributed by atoms with Crippen LogP contribution in [0, 0.1) is 12.7 Å². The molecular weight excluding hydrogens is 425 g/mol. The van der Waals surface area contributed by atoms with Crippen LogP contribution in [0.5, 0.6) is 0 Å². The molecule has 3 aromatic carbocycles. The summed E-state index contributed by atoms with van der Waals surface area (Å²) in [5.41, 5.74) is 5.36. The lowest BCUT2D eigenvalue weighted by atomic mass is 10.0. The van der Waals surface area contributed by atoms with Gasteiger partial charge in [-0.2, -0.15) is 0 Å². The minimum atomic E-state index is -0.404. The Kier molecular flexibility index (Phi) is 5.19. The predicted octanol–water partition coefficient (Wildman–Crippen LogP) is 6.72. The van der Waals surface area contributed by atoms with E-state index in [1.54, 1.807) is 23.1 Å². The molecule has 2 amide bonds. The number of urea groups is 1. The number of rotatable bonds is 2. The molecule has 0 bridgehead atoms. The van der Waals surface area contributed by atoms with Gasteiger partial charge in [0.15, 0.2) is 0 Å². The molecule has 1 aliphatic rings. The molecule has 2 heterocycles. The smallest absolute Gasteiger partial charge is 0.318 e. The third kappa shape index (κ3) is 3.65. The van der Waals surface area contributed by atoms with Gasteiger partial charge in [0, 0.05) is 22.6 Å². The highest BCUT2D eigenvalue weighted by Crippen LogP contribution is 2.37. The first-order valence-electron chi connectivity index (χ1n) is 10.4. The predicted molar refractivity (Wildman–Crippen MR) is 125 cm³/mol. The molecule has 0 aliphatic carbocycles. The van der Waals surface area contributed by atoms with Gasteiger partial charge in [-0.1, -0.05) is 48.0 Å². The summed E-state index contributed by atoms with van der Waals surface area (Å²) in [6.45, 7) is 2.31. The molecule has 0 saturated heterocycles. The van der Waals surface area contributed by atoms with Gasteiger partial charge in [0.05, 0.1) is 18.3 Å². The highest BCUT2D eigenvalue weighted by molar-refractivity contribution is 6.31. The van der Waals surface area contributed by atoms with E-state index in [0.29, 0.717) is 17.3 Å². The number of halogens is 2. The molecule has 5 rings (SSSR count). The van der Waals surface area contributed by atoms with Crippen LogP contribution in [0.1, 0.15) is 28.4 Å². The third-order valence-corrected chi connectivity index (χ3v) is 6.24. The van der Waals surface area contributed by atoms with Gasteiger partial charge in [-0.3, -0.25) is 0 Å². The number of hydrogen-bond donors (Lipinski definition) is 1. The molecule has 160 valence electrons. The first kappa shape index (κ1) is 20.3. The molecule has 0 radical (unpaired) electrons. The molecule has 1 atom stereocenters. The molecule has 4 aromatic rings. The third-order valence-electron chi connectivity index (χ3n) is 5.83. The fraction of sp³-hybridized carbons (Fsp3) is 0.115. The highest BCUT2D eigenvalue weighted by atomic mass is 35.5. The van der Waals surface area contributed by atoms with Crippen molar-refractivity contribution in [1.29, 1.82) is 0 Å². The quantitative estimate of drug-likeness (QED) is 0.365. The number of amides is 2. The Labute approximate surface area is 190 Å². The molecule has 1 aliphatic heterocycles. The fourth-order valence-corrected chi connectivity index (χ4v) is 4.38. The molecule has 0 spiro atoms. The lowest BCUT2D eigenvalue weighted by Gasteiger charge is -2.31. The van der Waals surface area contributed by atoms with Crippen molar-refractivity contribution in [1.82, 2.24) is 9.47 Å². The number of fused-ring (bicyclic) bond motifs is 3. The first-order chi connectivity index (χ1) is 15.5. The number of nitrogens with zero attached hydrogens (tertiary/aromatic N) is 2. The average Bonchev–Trinajstić information content (AvgIpc) is 3.21. The van der Waals surface area contributed by atoms with Gasteiger partial charge < -0.3 is 14.8 Å². The molecule has 0 saturated carbocycles. The topological polar surface area (TPSA) is 37.3 Å². The summed E-state index contributed by atoms with van der Waals surface area (Å²) in [4.78, 5) is 15.4. The van der Waals surface area contributed by atoms with Crippen molar-refractivity contribution in [3.8, 4) is 5.69 Å². The molecular formula is C26H21ClFN3O. The van der Waals surface area contributed by atoms with E-state index in [-0.39, 0.29) is 11.8 Å². The molecule has 6 heteroatoms. The molecule has 32 heavy (non-hydrogen) atoms. The number of nitrogens with one attached hydrogen (secondary N) is 1. The van der Waals surface area contributed by atoms with Gasteiger partial charge >= 0.3 is 6.03 Å². The minimum absolute atomic E-state index is 0.260. The number of anilines is 1. The van der Waals surface area contributed by atoms with E-state index in [1.165, 1.54) is 12.1 Å². The largest absolute Gasteiger partial charge is 0.322 e. The number of carbonyl (C=O) groups is 1. The van der Waals surface area contributed by atoms with Crippen LogP contribution in [0.3, 0.4) is 0 Å². The Balaban J connectivity index is 1.61. The Morgan fingerprint density at radius 3 is 2.59 bits per heavy atom. The summed E-state index contributed by atoms with van der Waals surface area (Å²) >= 11 is 6.26. The van der Waals surface area contributed by atoms with Gasteiger partial charge in [0.1, 0.15) is 5.82 Å². The van der Waals surface area contributed by atoms with Crippen LogP contribution in [0.25, 0.3) is 5.69 Å². The maximum atomic E-state index is 13.7. The van der Waals surface area contributed by atoms with Crippen LogP contribution in [-0.2, 0) is 6.54 Å². The van der Waals surface area contributed by atoms with E-state index in [9.17, 15) is 9.18 Å². The number of aromatic nitrogens is 1. The molecule has 1 aromatic heterocycles. The summed E-state index contributed by atoms with van der Waals surface area (Å²) in [5, 5.41) is 3.58. The van der Waals surface area contributed by atoms with E-state index in [1.807, 2.05) is 61.7 Å². The number of aryl methyl sites for hydroxylation is 1. The normalized spacial score (nSPS) is 15.0. The number of para-hydroxylation sites is 1. The molecule has 1 N–H and O–H groups in total. The second kappa shape index (κ2) is 8.17. The maximum absolute atomic E-state index is 13.7. The van der Waals surface area contributed by atoms with E-state index in [0.717, 1.165) is 28.1 Å². The van der Waals surface area contributed by atoms with Crippen molar-refractivity contribution >= 4 is 23.3 Å². The number of benzene rings is 3. The van der Waals surface area contributed by atoms with Gasteiger partial charge in [-0.25, -0.2) is 9.18 Å². The Hall–Kier alpha value is -3.57. The SMILES string of the molecule is Cc1ccc(NC(=O)N2Cc3ccccc3-n3cccc3[C@@H]2c2ccc(F)cc2)cc1Cl. The van der Waals surface area contributed by atoms with Crippen LogP contribution in [0.2, 0.25) is 5.02 Å². The zero-order valence-electron chi connectivity index (χ0n) is 17.4. The summed E-state index contributed by atoms with van der Waals surface area (Å²) in [5.74, 6) is -0.314. The van der Waals surface area contributed by atoms with E-state index in [4.69, 9.17) is 11.6 Å². The second-order valence-corrected chi connectivity index (χ2v) is 8.32. The summed E-state index contributed by atoms with van der Waals surface area (Å²) in [6.07, 6.45) is 1.99. The lowest BCUT2D eigenvalue weighted by molar-refractivity contribution is 0.194. The van der Waals surface area contributed by atoms with Crippen LogP contribution in [0.15, 0.2) is 85.1 Å². The Morgan fingerprint density at radius 2 is 1.81 bits per heavy atom. The fourth-order valence-electron chi connectivity index (χ4n) is 4.20. The number of hydrogen-bond acceptors (Lipinski definition) is 1. The second-order valence-electron chi connectivity index (χ2n) is 7.91. The lowest BCUT2D eigenvalue weighted by Crippen LogP contribution is -2.37. The Morgan fingerprint density at radius 1 is 1.03 bits per heavy atom. The van der Waals surface area contributed by atoms with E-state index < -0.39 is 6.04 Å². The molecule has 0 fully saturated rings. The van der Waals surface area contributed by atoms with E-state index >= 15 is 0 Å². The minimum Gasteiger partial charge on any atom is -0.318 e. The summed E-state index contributed by atoms with van der Waals surface area (Å²) in [7, 11) is 0. The molecule has 0 unspecified atom stereocenters. The summed E-state index contributed by atoms with van der Waals surface area (Å²) in [6, 6.07) is 23.1. The highest BCUT2D eigenvalue weighted by Gasteiger charge is 2.33. The molecule has 4 nitrogen and oxygen atoms in total. The summed E-state index contributed by atoms with van der Waals surface area (Å²) < 4.78 is 15.8. The van der Waals surface area contributed by atoms with Gasteiger partial charge in [0.25, 0.3) is 0 Å². The van der Waals surface area contributed by atoms with Crippen molar-refractivity contribution in [2.24, 2.45) is 0 Å². The zero-order valence-corrected chi connectivity index (χ0v) is 18.2. The van der Waals surface area contributed by atoms with Crippen molar-refractivity contribution in [2.75, 3.05) is 5.32 Å².